The van der Waals surface area contributed by atoms with E-state index >= 15 is 0 Å². The highest BCUT2D eigenvalue weighted by Crippen LogP contribution is 2.38. The van der Waals surface area contributed by atoms with Crippen LogP contribution < -0.4 is 20.9 Å². The molecule has 6 N–H and O–H groups in total. The number of benzene rings is 4. The maximum Gasteiger partial charge on any atom is 0.303 e. The Hall–Kier alpha value is -8.66. The molecule has 0 aliphatic carbocycles. The van der Waals surface area contributed by atoms with E-state index in [1.807, 2.05) is 124 Å². The van der Waals surface area contributed by atoms with E-state index in [4.69, 9.17) is 20.9 Å². The molecule has 0 radical (unpaired) electrons. The highest BCUT2D eigenvalue weighted by atomic mass is 16.5. The lowest BCUT2D eigenvalue weighted by molar-refractivity contribution is -0.138. The third-order valence-corrected chi connectivity index (χ3v) is 11.4. The summed E-state index contributed by atoms with van der Waals surface area (Å²) in [5, 5.41) is 18.5. The van der Waals surface area contributed by atoms with Crippen LogP contribution in [0.25, 0.3) is 45.3 Å². The van der Waals surface area contributed by atoms with Gasteiger partial charge in [-0.1, -0.05) is 0 Å². The molecule has 0 bridgehead atoms. The van der Waals surface area contributed by atoms with Crippen molar-refractivity contribution < 1.29 is 38.9 Å². The molecule has 0 aliphatic rings. The smallest absolute Gasteiger partial charge is 0.303 e. The number of hydrogen-bond donors (Lipinski definition) is 4. The number of aryl methyl sites for hydroxylation is 5. The summed E-state index contributed by atoms with van der Waals surface area (Å²) in [6.07, 6.45) is 9.60. The maximum atomic E-state index is 11.6. The average Bonchev–Trinajstić information content (AvgIpc) is 4.15. The minimum absolute atomic E-state index is 0.00142. The van der Waals surface area contributed by atoms with Crippen molar-refractivity contribution in [3.8, 4) is 56.8 Å². The third-order valence-electron chi connectivity index (χ3n) is 11.4. The van der Waals surface area contributed by atoms with Gasteiger partial charge in [-0.05, 0) is 130 Å². The summed E-state index contributed by atoms with van der Waals surface area (Å²) in [7, 11) is 3.23. The Morgan fingerprint density at radius 1 is 0.597 bits per heavy atom. The van der Waals surface area contributed by atoms with Gasteiger partial charge in [-0.3, -0.25) is 19.2 Å². The van der Waals surface area contributed by atoms with Crippen molar-refractivity contribution in [1.29, 1.82) is 0 Å². The topological polar surface area (TPSA) is 225 Å². The van der Waals surface area contributed by atoms with Crippen molar-refractivity contribution in [1.82, 2.24) is 28.2 Å². The number of carbonyl (C=O) groups excluding carboxylic acids is 2. The first-order chi connectivity index (χ1) is 32.2. The van der Waals surface area contributed by atoms with Gasteiger partial charge in [0.15, 0.2) is 0 Å². The van der Waals surface area contributed by atoms with Crippen LogP contribution in [-0.2, 0) is 22.4 Å². The van der Waals surface area contributed by atoms with Crippen molar-refractivity contribution in [3.05, 3.63) is 168 Å². The molecule has 16 heteroatoms. The Kier molecular flexibility index (Phi) is 13.8. The molecule has 4 aromatic heterocycles. The van der Waals surface area contributed by atoms with E-state index in [2.05, 4.69) is 9.97 Å². The lowest BCUT2D eigenvalue weighted by Gasteiger charge is -2.19. The molecule has 8 aromatic rings. The highest BCUT2D eigenvalue weighted by Gasteiger charge is 2.21. The fourth-order valence-corrected chi connectivity index (χ4v) is 8.08. The number of ether oxygens (including phenoxy) is 2. The van der Waals surface area contributed by atoms with Gasteiger partial charge < -0.3 is 49.4 Å². The number of nitrogens with two attached hydrogens (primary N) is 2. The van der Waals surface area contributed by atoms with Crippen molar-refractivity contribution in [2.45, 2.75) is 46.5 Å². The van der Waals surface area contributed by atoms with E-state index < -0.39 is 23.8 Å². The summed E-state index contributed by atoms with van der Waals surface area (Å²) in [5.41, 5.74) is 22.0. The fourth-order valence-electron chi connectivity index (χ4n) is 8.08. The summed E-state index contributed by atoms with van der Waals surface area (Å²) in [4.78, 5) is 54.2. The Labute approximate surface area is 386 Å². The van der Waals surface area contributed by atoms with E-state index in [0.717, 1.165) is 73.6 Å². The summed E-state index contributed by atoms with van der Waals surface area (Å²) < 4.78 is 19.4. The highest BCUT2D eigenvalue weighted by molar-refractivity contribution is 5.94. The number of nitrogens with zero attached hydrogens (tertiary/aromatic N) is 6. The third kappa shape index (κ3) is 10.0. The van der Waals surface area contributed by atoms with E-state index in [1.165, 1.54) is 0 Å². The molecule has 0 saturated heterocycles. The van der Waals surface area contributed by atoms with Crippen LogP contribution in [0.15, 0.2) is 128 Å². The number of carboxylic acid groups (broad SMARTS) is 2. The zero-order chi connectivity index (χ0) is 47.9. The molecule has 67 heavy (non-hydrogen) atoms. The van der Waals surface area contributed by atoms with Crippen LogP contribution in [0.1, 0.15) is 61.9 Å². The normalized spacial score (nSPS) is 10.9. The van der Waals surface area contributed by atoms with Crippen molar-refractivity contribution in [2.24, 2.45) is 11.5 Å². The molecule has 4 heterocycles. The van der Waals surface area contributed by atoms with E-state index in [1.54, 1.807) is 57.2 Å². The first-order valence-corrected chi connectivity index (χ1v) is 21.2. The van der Waals surface area contributed by atoms with Crippen LogP contribution in [0.4, 0.5) is 0 Å². The summed E-state index contributed by atoms with van der Waals surface area (Å²) in [6, 6.07) is 30.0. The van der Waals surface area contributed by atoms with E-state index in [0.29, 0.717) is 35.5 Å². The van der Waals surface area contributed by atoms with Gasteiger partial charge in [0.2, 0.25) is 11.8 Å². The minimum Gasteiger partial charge on any atom is -0.496 e. The van der Waals surface area contributed by atoms with Crippen molar-refractivity contribution in [2.75, 3.05) is 14.2 Å². The zero-order valence-electron chi connectivity index (χ0n) is 37.6. The molecule has 0 spiro atoms. The first kappa shape index (κ1) is 46.3. The Bertz CT molecular complexity index is 3120. The number of imidazole rings is 2. The van der Waals surface area contributed by atoms with Crippen LogP contribution in [-0.4, -0.2) is 76.4 Å². The van der Waals surface area contributed by atoms with Gasteiger partial charge in [0.25, 0.3) is 0 Å². The average molecular weight is 903 g/mol. The molecule has 0 atom stereocenters. The van der Waals surface area contributed by atoms with E-state index in [9.17, 15) is 29.4 Å². The van der Waals surface area contributed by atoms with Gasteiger partial charge in [0.05, 0.1) is 56.2 Å². The number of primary amides is 2. The summed E-state index contributed by atoms with van der Waals surface area (Å²) in [6.45, 7) is 5.72. The van der Waals surface area contributed by atoms with Gasteiger partial charge in [-0.15, -0.1) is 0 Å². The number of hydrogen-bond acceptors (Lipinski definition) is 8. The molecule has 16 nitrogen and oxygen atoms in total. The fraction of sp³-hybridized carbons (Fsp3) is 0.176. The quantitative estimate of drug-likeness (QED) is 0.0735. The number of aliphatic carboxylic acids is 2. The predicted molar refractivity (Wildman–Crippen MR) is 253 cm³/mol. The van der Waals surface area contributed by atoms with Gasteiger partial charge in [-0.25, -0.2) is 9.97 Å². The number of carbonyl (C=O) groups is 4. The van der Waals surface area contributed by atoms with Crippen LogP contribution in [0.5, 0.6) is 11.5 Å². The van der Waals surface area contributed by atoms with Crippen molar-refractivity contribution >= 4 is 23.8 Å². The largest absolute Gasteiger partial charge is 0.496 e. The van der Waals surface area contributed by atoms with Gasteiger partial charge >= 0.3 is 11.9 Å². The molecule has 0 unspecified atom stereocenters. The number of carboxylic acids is 2. The van der Waals surface area contributed by atoms with Crippen molar-refractivity contribution in [3.63, 3.8) is 0 Å². The lowest BCUT2D eigenvalue weighted by Crippen LogP contribution is -2.12. The molecule has 0 aliphatic heterocycles. The number of rotatable bonds is 16. The molecule has 2 amide bonds. The second kappa shape index (κ2) is 20.0. The molecule has 0 saturated carbocycles. The van der Waals surface area contributed by atoms with Crippen LogP contribution in [0.3, 0.4) is 0 Å². The number of aromatic nitrogens is 6. The number of methoxy groups -OCH3 is 2. The Balaban J connectivity index is 0.000000199. The Morgan fingerprint density at radius 3 is 1.49 bits per heavy atom. The minimum atomic E-state index is -0.868. The molecule has 4 aromatic carbocycles. The molecule has 342 valence electrons. The summed E-state index contributed by atoms with van der Waals surface area (Å²) in [5.74, 6) is -0.543. The van der Waals surface area contributed by atoms with E-state index in [-0.39, 0.29) is 12.8 Å². The monoisotopic (exact) mass is 902 g/mol. The lowest BCUT2D eigenvalue weighted by atomic mass is 10.1. The first-order valence-electron chi connectivity index (χ1n) is 21.2. The van der Waals surface area contributed by atoms with Gasteiger partial charge in [0.1, 0.15) is 17.3 Å². The summed E-state index contributed by atoms with van der Waals surface area (Å²) >= 11 is 0. The predicted octanol–water partition coefficient (Wildman–Crippen LogP) is 7.83. The molecule has 8 rings (SSSR count). The molecular weight excluding hydrogens is 853 g/mol. The van der Waals surface area contributed by atoms with Crippen LogP contribution in [0, 0.1) is 20.8 Å². The second-order valence-corrected chi connectivity index (χ2v) is 15.7. The van der Waals surface area contributed by atoms with Gasteiger partial charge in [-0.2, -0.15) is 0 Å². The number of amides is 2. The van der Waals surface area contributed by atoms with Crippen LogP contribution >= 0.6 is 0 Å². The molecular formula is C51H50N8O8. The standard InChI is InChI=1S/C26H26N4O4.C25H24N4O4/c1-16-14-18(26(27)33)4-9-22(16)30-19(7-11-25(31)32)6-10-23(30)21-8-5-20(15-24(21)34-3)29-13-12-28-17(29)2;1-16-13-17(25(26)32)3-8-21(16)29-18(6-10-24(30)31)5-9-22(29)20-7-4-19(14-23(20)33-2)28-12-11-27-15-28/h4-6,8-10,12-15H,7,11H2,1-3H3,(H2,27,33)(H,31,32);3-5,7-9,11-15H,6,10H2,1-2H3,(H2,26,32)(H,30,31). The molecule has 0 fully saturated rings. The van der Waals surface area contributed by atoms with Crippen LogP contribution in [0.2, 0.25) is 0 Å². The maximum absolute atomic E-state index is 11.6. The Morgan fingerprint density at radius 2 is 1.09 bits per heavy atom. The zero-order valence-corrected chi connectivity index (χ0v) is 37.6. The SMILES string of the molecule is COc1cc(-n2ccnc2)ccc1-c1ccc(CCC(=O)O)n1-c1ccc(C(N)=O)cc1C.COc1cc(-n2ccnc2C)ccc1-c1ccc(CCC(=O)O)n1-c1ccc(C(N)=O)cc1C. The van der Waals surface area contributed by atoms with Gasteiger partial charge in [0, 0.05) is 81.9 Å². The second-order valence-electron chi connectivity index (χ2n) is 15.7.